The third-order valence-electron chi connectivity index (χ3n) is 3.42. The summed E-state index contributed by atoms with van der Waals surface area (Å²) in [7, 11) is -3.59. The van der Waals surface area contributed by atoms with Crippen LogP contribution < -0.4 is 15.2 Å². The van der Waals surface area contributed by atoms with Gasteiger partial charge in [-0.3, -0.25) is 4.79 Å². The molecule has 0 bridgehead atoms. The molecule has 0 saturated carbocycles. The van der Waals surface area contributed by atoms with Gasteiger partial charge < -0.3 is 10.1 Å². The summed E-state index contributed by atoms with van der Waals surface area (Å²) in [5.74, 6) is 0.339. The molecule has 3 N–H and O–H groups in total. The van der Waals surface area contributed by atoms with Gasteiger partial charge in [-0.05, 0) is 36.8 Å². The minimum absolute atomic E-state index is 0.0117. The fourth-order valence-electron chi connectivity index (χ4n) is 2.09. The van der Waals surface area contributed by atoms with Gasteiger partial charge >= 0.3 is 0 Å². The molecule has 1 atom stereocenters. The number of amides is 1. The van der Waals surface area contributed by atoms with Gasteiger partial charge in [0.05, 0.1) is 11.7 Å². The summed E-state index contributed by atoms with van der Waals surface area (Å²) >= 11 is 0. The van der Waals surface area contributed by atoms with Crippen LogP contribution in [0.4, 0.5) is 0 Å². The molecule has 24 heavy (non-hydrogen) atoms. The van der Waals surface area contributed by atoms with E-state index in [0.717, 1.165) is 5.56 Å². The van der Waals surface area contributed by atoms with Crippen LogP contribution in [-0.2, 0) is 14.8 Å². The van der Waals surface area contributed by atoms with Crippen molar-refractivity contribution in [3.63, 3.8) is 0 Å². The lowest BCUT2D eigenvalue weighted by Crippen LogP contribution is -2.33. The number of carbonyl (C=O) groups excluding carboxylic acids is 1. The van der Waals surface area contributed by atoms with Crippen molar-refractivity contribution in [1.82, 2.24) is 5.32 Å². The summed E-state index contributed by atoms with van der Waals surface area (Å²) in [4.78, 5) is 12.1. The summed E-state index contributed by atoms with van der Waals surface area (Å²) in [5, 5.41) is 7.47. The van der Waals surface area contributed by atoms with E-state index in [9.17, 15) is 13.2 Å². The number of primary sulfonamides is 1. The van der Waals surface area contributed by atoms with Gasteiger partial charge in [-0.2, -0.15) is 0 Å². The van der Waals surface area contributed by atoms with Gasteiger partial charge in [0.2, 0.25) is 15.9 Å². The quantitative estimate of drug-likeness (QED) is 0.799. The summed E-state index contributed by atoms with van der Waals surface area (Å²) < 4.78 is 27.5. The van der Waals surface area contributed by atoms with Crippen molar-refractivity contribution in [3.05, 3.63) is 60.2 Å². The zero-order valence-corrected chi connectivity index (χ0v) is 14.1. The molecule has 2 aromatic rings. The minimum atomic E-state index is -3.59. The number of nitrogens with one attached hydrogen (secondary N) is 1. The van der Waals surface area contributed by atoms with Crippen LogP contribution in [0.1, 0.15) is 18.4 Å². The van der Waals surface area contributed by atoms with Crippen LogP contribution in [0.25, 0.3) is 0 Å². The maximum absolute atomic E-state index is 12.1. The standard InChI is InChI=1S/C17H20N2O4S/c1-13(17(20)19-10-11-24(18,21)22)14-6-5-9-16(12-14)23-15-7-3-2-4-8-15/h2-9,12-13H,10-11H2,1H3,(H,19,20)(H2,18,21,22)/t13-/m1/s1. The Bertz CT molecular complexity index is 791. The molecule has 0 aliphatic rings. The lowest BCUT2D eigenvalue weighted by molar-refractivity contribution is -0.122. The number of nitrogens with two attached hydrogens (primary N) is 1. The number of benzene rings is 2. The second-order valence-electron chi connectivity index (χ2n) is 5.37. The van der Waals surface area contributed by atoms with Gasteiger partial charge in [-0.1, -0.05) is 30.3 Å². The van der Waals surface area contributed by atoms with E-state index in [1.165, 1.54) is 0 Å². The molecule has 0 spiro atoms. The number of ether oxygens (including phenoxy) is 1. The highest BCUT2D eigenvalue weighted by molar-refractivity contribution is 7.89. The smallest absolute Gasteiger partial charge is 0.227 e. The first-order valence-electron chi connectivity index (χ1n) is 7.46. The third-order valence-corrected chi connectivity index (χ3v) is 4.19. The van der Waals surface area contributed by atoms with Crippen LogP contribution in [-0.4, -0.2) is 26.6 Å². The molecule has 0 aliphatic carbocycles. The highest BCUT2D eigenvalue weighted by Gasteiger charge is 2.16. The zero-order valence-electron chi connectivity index (χ0n) is 13.3. The first-order valence-corrected chi connectivity index (χ1v) is 9.18. The van der Waals surface area contributed by atoms with E-state index in [1.54, 1.807) is 13.0 Å². The average molecular weight is 348 g/mol. The fourth-order valence-corrected chi connectivity index (χ4v) is 2.48. The second kappa shape index (κ2) is 7.94. The molecular weight excluding hydrogens is 328 g/mol. The monoisotopic (exact) mass is 348 g/mol. The van der Waals surface area contributed by atoms with Gasteiger partial charge in [0, 0.05) is 6.54 Å². The van der Waals surface area contributed by atoms with Crippen molar-refractivity contribution in [1.29, 1.82) is 0 Å². The summed E-state index contributed by atoms with van der Waals surface area (Å²) in [5.41, 5.74) is 0.775. The lowest BCUT2D eigenvalue weighted by Gasteiger charge is -2.14. The predicted octanol–water partition coefficient (Wildman–Crippen LogP) is 1.99. The van der Waals surface area contributed by atoms with E-state index in [0.29, 0.717) is 11.5 Å². The normalized spacial score (nSPS) is 12.4. The number of hydrogen-bond donors (Lipinski definition) is 2. The first kappa shape index (κ1) is 18.0. The Labute approximate surface area is 141 Å². The number of para-hydroxylation sites is 1. The van der Waals surface area contributed by atoms with Crippen molar-refractivity contribution >= 4 is 15.9 Å². The van der Waals surface area contributed by atoms with Crippen molar-refractivity contribution in [3.8, 4) is 11.5 Å². The van der Waals surface area contributed by atoms with Crippen molar-refractivity contribution < 1.29 is 17.9 Å². The molecule has 0 saturated heterocycles. The van der Waals surface area contributed by atoms with Crippen molar-refractivity contribution in [2.24, 2.45) is 5.14 Å². The van der Waals surface area contributed by atoms with Gasteiger partial charge in [-0.25, -0.2) is 13.6 Å². The fraction of sp³-hybridized carbons (Fsp3) is 0.235. The highest BCUT2D eigenvalue weighted by Crippen LogP contribution is 2.25. The largest absolute Gasteiger partial charge is 0.457 e. The molecule has 6 nitrogen and oxygen atoms in total. The molecule has 2 rings (SSSR count). The molecule has 0 fully saturated rings. The SMILES string of the molecule is C[C@@H](C(=O)NCCS(N)(=O)=O)c1cccc(Oc2ccccc2)c1. The van der Waals surface area contributed by atoms with Gasteiger partial charge in [0.1, 0.15) is 11.5 Å². The molecule has 0 unspecified atom stereocenters. The number of hydrogen-bond acceptors (Lipinski definition) is 4. The van der Waals surface area contributed by atoms with Crippen molar-refractivity contribution in [2.45, 2.75) is 12.8 Å². The zero-order chi connectivity index (χ0) is 17.6. The number of carbonyl (C=O) groups is 1. The van der Waals surface area contributed by atoms with Crippen LogP contribution in [0.2, 0.25) is 0 Å². The maximum Gasteiger partial charge on any atom is 0.227 e. The van der Waals surface area contributed by atoms with Gasteiger partial charge in [0.25, 0.3) is 0 Å². The molecule has 2 aromatic carbocycles. The Morgan fingerprint density at radius 2 is 1.79 bits per heavy atom. The lowest BCUT2D eigenvalue weighted by atomic mass is 10.0. The van der Waals surface area contributed by atoms with Crippen LogP contribution in [0, 0.1) is 0 Å². The minimum Gasteiger partial charge on any atom is -0.457 e. The Morgan fingerprint density at radius 1 is 1.12 bits per heavy atom. The van der Waals surface area contributed by atoms with Crippen LogP contribution >= 0.6 is 0 Å². The molecule has 1 amide bonds. The van der Waals surface area contributed by atoms with E-state index in [4.69, 9.17) is 9.88 Å². The Balaban J connectivity index is 2.00. The molecule has 7 heteroatoms. The van der Waals surface area contributed by atoms with E-state index in [-0.39, 0.29) is 18.2 Å². The summed E-state index contributed by atoms with van der Waals surface area (Å²) in [6.07, 6.45) is 0. The van der Waals surface area contributed by atoms with E-state index < -0.39 is 15.9 Å². The third kappa shape index (κ3) is 5.68. The Kier molecular flexibility index (Phi) is 5.94. The van der Waals surface area contributed by atoms with Crippen LogP contribution in [0.15, 0.2) is 54.6 Å². The molecule has 128 valence electrons. The topological polar surface area (TPSA) is 98.5 Å². The maximum atomic E-state index is 12.1. The number of rotatable bonds is 7. The van der Waals surface area contributed by atoms with Gasteiger partial charge in [0.15, 0.2) is 0 Å². The summed E-state index contributed by atoms with van der Waals surface area (Å²) in [6.45, 7) is 1.73. The van der Waals surface area contributed by atoms with Crippen molar-refractivity contribution in [2.75, 3.05) is 12.3 Å². The van der Waals surface area contributed by atoms with E-state index in [2.05, 4.69) is 5.32 Å². The molecule has 0 heterocycles. The Hall–Kier alpha value is -2.38. The summed E-state index contributed by atoms with van der Waals surface area (Å²) in [6, 6.07) is 16.6. The second-order valence-corrected chi connectivity index (χ2v) is 7.10. The highest BCUT2D eigenvalue weighted by atomic mass is 32.2. The number of sulfonamides is 1. The predicted molar refractivity (Wildman–Crippen MR) is 92.4 cm³/mol. The van der Waals surface area contributed by atoms with Gasteiger partial charge in [-0.15, -0.1) is 0 Å². The Morgan fingerprint density at radius 3 is 2.46 bits per heavy atom. The van der Waals surface area contributed by atoms with Crippen LogP contribution in [0.3, 0.4) is 0 Å². The molecule has 0 radical (unpaired) electrons. The first-order chi connectivity index (χ1) is 11.3. The van der Waals surface area contributed by atoms with E-state index in [1.807, 2.05) is 48.5 Å². The molecule has 0 aliphatic heterocycles. The average Bonchev–Trinajstić information content (AvgIpc) is 2.54. The molecule has 0 aromatic heterocycles. The van der Waals surface area contributed by atoms with E-state index >= 15 is 0 Å². The van der Waals surface area contributed by atoms with Crippen LogP contribution in [0.5, 0.6) is 11.5 Å². The molecular formula is C17H20N2O4S.